The zero-order valence-corrected chi connectivity index (χ0v) is 35.6. The van der Waals surface area contributed by atoms with E-state index in [9.17, 15) is 0 Å². The molecule has 1 aliphatic carbocycles. The van der Waals surface area contributed by atoms with Crippen molar-refractivity contribution in [3.63, 3.8) is 0 Å². The van der Waals surface area contributed by atoms with E-state index < -0.39 is 0 Å². The minimum absolute atomic E-state index is 0.157. The van der Waals surface area contributed by atoms with Crippen molar-refractivity contribution in [1.29, 1.82) is 0 Å². The Bertz CT molecular complexity index is 3810. The first kappa shape index (κ1) is 36.5. The van der Waals surface area contributed by atoms with Gasteiger partial charge in [-0.1, -0.05) is 166 Å². The number of benzene rings is 10. The standard InChI is InChI=1S/C61H42N2O/c1-61(2)51-22-11-8-20-49(51)58-52(61)23-14-25-54(58)63(55-36-35-46(43-28-27-39-15-6-7-16-41(39)37-43)60-59(55)50-21-10-13-26-57(50)64-60)45-32-29-40(30-33-45)42-31-34-48-47-19-9-12-24-53(47)62(56(48)38-42)44-17-4-3-5-18-44/h3-38H,1-2H3. The van der Waals surface area contributed by atoms with Crippen LogP contribution in [0, 0.1) is 0 Å². The molecular formula is C61H42N2O. The molecule has 0 unspecified atom stereocenters. The average Bonchev–Trinajstić information content (AvgIpc) is 3.98. The Kier molecular flexibility index (Phi) is 7.95. The zero-order valence-electron chi connectivity index (χ0n) is 35.6. The Balaban J connectivity index is 1.03. The van der Waals surface area contributed by atoms with Crippen molar-refractivity contribution in [2.45, 2.75) is 19.3 Å². The van der Waals surface area contributed by atoms with Gasteiger partial charge in [-0.25, -0.2) is 0 Å². The second-order valence-corrected chi connectivity index (χ2v) is 17.7. The number of fused-ring (bicyclic) bond motifs is 10. The van der Waals surface area contributed by atoms with Gasteiger partial charge < -0.3 is 13.9 Å². The third-order valence-corrected chi connectivity index (χ3v) is 13.8. The Labute approximate surface area is 371 Å². The van der Waals surface area contributed by atoms with Gasteiger partial charge in [-0.15, -0.1) is 0 Å². The van der Waals surface area contributed by atoms with Crippen molar-refractivity contribution in [3.05, 3.63) is 230 Å². The zero-order chi connectivity index (χ0) is 42.5. The van der Waals surface area contributed by atoms with Crippen molar-refractivity contribution in [1.82, 2.24) is 4.57 Å². The van der Waals surface area contributed by atoms with Gasteiger partial charge >= 0.3 is 0 Å². The SMILES string of the molecule is CC1(C)c2ccccc2-c2c(N(c3ccc(-c4ccc5c6ccccc6n(-c6ccccc6)c5c4)cc3)c3ccc(-c4ccc5ccccc5c4)c4oc5ccccc5c34)cccc21. The Morgan fingerprint density at radius 1 is 0.438 bits per heavy atom. The van der Waals surface area contributed by atoms with E-state index >= 15 is 0 Å². The first-order valence-electron chi connectivity index (χ1n) is 22.2. The number of hydrogen-bond donors (Lipinski definition) is 0. The van der Waals surface area contributed by atoms with Gasteiger partial charge in [-0.05, 0) is 111 Å². The van der Waals surface area contributed by atoms with Crippen molar-refractivity contribution in [3.8, 4) is 39.1 Å². The molecule has 0 bridgehead atoms. The molecule has 302 valence electrons. The van der Waals surface area contributed by atoms with E-state index in [4.69, 9.17) is 4.42 Å². The molecular weight excluding hydrogens is 777 g/mol. The third-order valence-electron chi connectivity index (χ3n) is 13.8. The molecule has 0 saturated heterocycles. The van der Waals surface area contributed by atoms with Crippen LogP contribution in [0.4, 0.5) is 17.1 Å². The summed E-state index contributed by atoms with van der Waals surface area (Å²) in [6.45, 7) is 4.71. The molecule has 64 heavy (non-hydrogen) atoms. The van der Waals surface area contributed by atoms with Crippen LogP contribution in [0.1, 0.15) is 25.0 Å². The lowest BCUT2D eigenvalue weighted by Gasteiger charge is -2.30. The number of nitrogens with zero attached hydrogens (tertiary/aromatic N) is 2. The molecule has 0 aliphatic heterocycles. The van der Waals surface area contributed by atoms with Crippen LogP contribution in [0.2, 0.25) is 0 Å². The lowest BCUT2D eigenvalue weighted by molar-refractivity contribution is 0.660. The van der Waals surface area contributed by atoms with Crippen LogP contribution < -0.4 is 4.90 Å². The average molecular weight is 819 g/mol. The smallest absolute Gasteiger partial charge is 0.145 e. The van der Waals surface area contributed by atoms with Crippen LogP contribution in [0.3, 0.4) is 0 Å². The molecule has 0 radical (unpaired) electrons. The van der Waals surface area contributed by atoms with Gasteiger partial charge in [-0.3, -0.25) is 0 Å². The van der Waals surface area contributed by atoms with Gasteiger partial charge in [0.1, 0.15) is 11.2 Å². The molecule has 10 aromatic carbocycles. The summed E-state index contributed by atoms with van der Waals surface area (Å²) in [5, 5.41) is 7.11. The summed E-state index contributed by atoms with van der Waals surface area (Å²) in [5.74, 6) is 0. The lowest BCUT2D eigenvalue weighted by atomic mass is 9.82. The van der Waals surface area contributed by atoms with Crippen LogP contribution in [0.25, 0.3) is 93.6 Å². The molecule has 2 aromatic heterocycles. The number of anilines is 3. The molecule has 0 fully saturated rings. The summed E-state index contributed by atoms with van der Waals surface area (Å²) in [4.78, 5) is 2.48. The van der Waals surface area contributed by atoms with Gasteiger partial charge in [0, 0.05) is 44.1 Å². The predicted molar refractivity (Wildman–Crippen MR) is 269 cm³/mol. The number of furan rings is 1. The maximum Gasteiger partial charge on any atom is 0.145 e. The molecule has 13 rings (SSSR count). The second-order valence-electron chi connectivity index (χ2n) is 17.7. The monoisotopic (exact) mass is 818 g/mol. The van der Waals surface area contributed by atoms with Gasteiger partial charge in [0.2, 0.25) is 0 Å². The molecule has 12 aromatic rings. The van der Waals surface area contributed by atoms with Crippen LogP contribution in [0.15, 0.2) is 223 Å². The minimum atomic E-state index is -0.157. The van der Waals surface area contributed by atoms with E-state index in [1.54, 1.807) is 0 Å². The number of hydrogen-bond acceptors (Lipinski definition) is 2. The normalized spacial score (nSPS) is 13.0. The van der Waals surface area contributed by atoms with Crippen molar-refractivity contribution >= 4 is 71.6 Å². The maximum atomic E-state index is 6.94. The number of aromatic nitrogens is 1. The van der Waals surface area contributed by atoms with Gasteiger partial charge in [0.05, 0.1) is 27.8 Å². The molecule has 1 aliphatic rings. The van der Waals surface area contributed by atoms with E-state index in [-0.39, 0.29) is 5.41 Å². The van der Waals surface area contributed by atoms with Gasteiger partial charge in [0.15, 0.2) is 0 Å². The van der Waals surface area contributed by atoms with E-state index in [1.165, 1.54) is 60.4 Å². The molecule has 0 spiro atoms. The highest BCUT2D eigenvalue weighted by atomic mass is 16.3. The molecule has 0 saturated carbocycles. The lowest BCUT2D eigenvalue weighted by Crippen LogP contribution is -2.16. The number of rotatable bonds is 6. The van der Waals surface area contributed by atoms with Crippen LogP contribution in [0.5, 0.6) is 0 Å². The summed E-state index contributed by atoms with van der Waals surface area (Å²) in [7, 11) is 0. The Morgan fingerprint density at radius 2 is 1.12 bits per heavy atom. The summed E-state index contributed by atoms with van der Waals surface area (Å²) in [5.41, 5.74) is 18.2. The third kappa shape index (κ3) is 5.41. The van der Waals surface area contributed by atoms with Crippen molar-refractivity contribution in [2.24, 2.45) is 0 Å². The van der Waals surface area contributed by atoms with Gasteiger partial charge in [-0.2, -0.15) is 0 Å². The fourth-order valence-corrected chi connectivity index (χ4v) is 10.7. The number of para-hydroxylation sites is 3. The van der Waals surface area contributed by atoms with E-state index in [0.717, 1.165) is 61.4 Å². The Hall–Kier alpha value is -8.14. The molecule has 0 atom stereocenters. The topological polar surface area (TPSA) is 21.3 Å². The largest absolute Gasteiger partial charge is 0.455 e. The molecule has 0 amide bonds. The summed E-state index contributed by atoms with van der Waals surface area (Å²) >= 11 is 0. The van der Waals surface area contributed by atoms with Crippen LogP contribution in [-0.4, -0.2) is 4.57 Å². The molecule has 3 nitrogen and oxygen atoms in total. The summed E-state index contributed by atoms with van der Waals surface area (Å²) in [6.07, 6.45) is 0. The fraction of sp³-hybridized carbons (Fsp3) is 0.0492. The molecule has 3 heteroatoms. The van der Waals surface area contributed by atoms with Crippen molar-refractivity contribution < 1.29 is 4.42 Å². The second kappa shape index (κ2) is 13.9. The highest BCUT2D eigenvalue weighted by molar-refractivity contribution is 6.18. The Morgan fingerprint density at radius 3 is 2.00 bits per heavy atom. The molecule has 2 heterocycles. The maximum absolute atomic E-state index is 6.94. The quantitative estimate of drug-likeness (QED) is 0.167. The highest BCUT2D eigenvalue weighted by Gasteiger charge is 2.38. The highest BCUT2D eigenvalue weighted by Crippen LogP contribution is 2.55. The van der Waals surface area contributed by atoms with Crippen molar-refractivity contribution in [2.75, 3.05) is 4.90 Å². The minimum Gasteiger partial charge on any atom is -0.455 e. The van der Waals surface area contributed by atoms with Gasteiger partial charge in [0.25, 0.3) is 0 Å². The summed E-state index contributed by atoms with van der Waals surface area (Å²) in [6, 6.07) is 79.6. The summed E-state index contributed by atoms with van der Waals surface area (Å²) < 4.78 is 9.33. The van der Waals surface area contributed by atoms with E-state index in [0.29, 0.717) is 0 Å². The van der Waals surface area contributed by atoms with Crippen LogP contribution >= 0.6 is 0 Å². The predicted octanol–water partition coefficient (Wildman–Crippen LogP) is 16.9. The van der Waals surface area contributed by atoms with E-state index in [2.05, 4.69) is 242 Å². The molecule has 0 N–H and O–H groups in total. The first-order valence-corrected chi connectivity index (χ1v) is 22.2. The van der Waals surface area contributed by atoms with E-state index in [1.807, 2.05) is 0 Å². The first-order chi connectivity index (χ1) is 31.5. The van der Waals surface area contributed by atoms with Crippen LogP contribution in [-0.2, 0) is 5.41 Å². The fourth-order valence-electron chi connectivity index (χ4n) is 10.7.